The number of fused-ring (bicyclic) bond motifs is 6. The summed E-state index contributed by atoms with van der Waals surface area (Å²) in [4.78, 5) is 4.65. The van der Waals surface area contributed by atoms with Gasteiger partial charge in [-0.05, 0) is 106 Å². The maximum Gasteiger partial charge on any atom is 0.159 e. The van der Waals surface area contributed by atoms with Gasteiger partial charge in [0.1, 0.15) is 5.58 Å². The molecule has 0 bridgehead atoms. The van der Waals surface area contributed by atoms with Gasteiger partial charge in [0, 0.05) is 44.6 Å². The van der Waals surface area contributed by atoms with Gasteiger partial charge in [0.15, 0.2) is 5.58 Å². The Labute approximate surface area is 316 Å². The standard InChI is InChI=1S/C51H38N2O/c1-51(2)46-21-11-9-18-42(46)43-33-32-41(34-47(43)51)52(37-14-5-3-6-15-37)39-28-24-35(25-29-39)36-26-30-40(31-27-36)53(38-16-7-4-8-17-38)48-22-13-20-45-44-19-10-12-23-49(44)54-50(45)48/h3-34H,1-2H3. The summed E-state index contributed by atoms with van der Waals surface area (Å²) in [5.74, 6) is 0. The minimum absolute atomic E-state index is 0.0744. The van der Waals surface area contributed by atoms with Crippen LogP contribution < -0.4 is 9.80 Å². The highest BCUT2D eigenvalue weighted by atomic mass is 16.3. The number of rotatable bonds is 7. The Hall–Kier alpha value is -6.84. The van der Waals surface area contributed by atoms with Gasteiger partial charge in [0.25, 0.3) is 0 Å². The van der Waals surface area contributed by atoms with E-state index >= 15 is 0 Å². The molecule has 1 aliphatic rings. The fourth-order valence-corrected chi connectivity index (χ4v) is 8.37. The molecular formula is C51H38N2O. The van der Waals surface area contributed by atoms with Crippen LogP contribution in [0.25, 0.3) is 44.2 Å². The molecule has 3 nitrogen and oxygen atoms in total. The summed E-state index contributed by atoms with van der Waals surface area (Å²) in [7, 11) is 0. The lowest BCUT2D eigenvalue weighted by molar-refractivity contribution is 0.660. The summed E-state index contributed by atoms with van der Waals surface area (Å²) < 4.78 is 6.50. The second-order valence-electron chi connectivity index (χ2n) is 14.6. The molecule has 54 heavy (non-hydrogen) atoms. The van der Waals surface area contributed by atoms with Gasteiger partial charge in [0.05, 0.1) is 5.69 Å². The third-order valence-corrected chi connectivity index (χ3v) is 11.1. The van der Waals surface area contributed by atoms with E-state index in [2.05, 4.69) is 206 Å². The van der Waals surface area contributed by atoms with E-state index in [-0.39, 0.29) is 5.41 Å². The van der Waals surface area contributed by atoms with Crippen molar-refractivity contribution < 1.29 is 4.42 Å². The van der Waals surface area contributed by atoms with Crippen LogP contribution in [-0.2, 0) is 5.41 Å². The van der Waals surface area contributed by atoms with E-state index in [1.54, 1.807) is 0 Å². The molecule has 1 aromatic heterocycles. The number of hydrogen-bond donors (Lipinski definition) is 0. The van der Waals surface area contributed by atoms with Gasteiger partial charge in [-0.1, -0.05) is 135 Å². The van der Waals surface area contributed by atoms with E-state index in [0.717, 1.165) is 67.2 Å². The molecule has 0 atom stereocenters. The summed E-state index contributed by atoms with van der Waals surface area (Å²) in [5.41, 5.74) is 16.0. The Morgan fingerprint density at radius 2 is 0.907 bits per heavy atom. The van der Waals surface area contributed by atoms with Crippen LogP contribution in [0.4, 0.5) is 34.1 Å². The van der Waals surface area contributed by atoms with Crippen LogP contribution in [0.3, 0.4) is 0 Å². The maximum atomic E-state index is 6.50. The van der Waals surface area contributed by atoms with Gasteiger partial charge in [-0.2, -0.15) is 0 Å². The van der Waals surface area contributed by atoms with Crippen LogP contribution in [0, 0.1) is 0 Å². The highest BCUT2D eigenvalue weighted by Crippen LogP contribution is 2.51. The average Bonchev–Trinajstić information content (AvgIpc) is 3.72. The van der Waals surface area contributed by atoms with Crippen LogP contribution >= 0.6 is 0 Å². The molecule has 0 spiro atoms. The molecule has 1 heterocycles. The summed E-state index contributed by atoms with van der Waals surface area (Å²) in [6.45, 7) is 4.68. The average molecular weight is 695 g/mol. The van der Waals surface area contributed by atoms with E-state index in [4.69, 9.17) is 4.42 Å². The quantitative estimate of drug-likeness (QED) is 0.166. The molecule has 0 unspecified atom stereocenters. The Morgan fingerprint density at radius 1 is 0.389 bits per heavy atom. The summed E-state index contributed by atoms with van der Waals surface area (Å²) in [6, 6.07) is 69.4. The number of anilines is 6. The van der Waals surface area contributed by atoms with E-state index < -0.39 is 0 Å². The first-order valence-corrected chi connectivity index (χ1v) is 18.6. The van der Waals surface area contributed by atoms with Crippen molar-refractivity contribution >= 4 is 56.1 Å². The zero-order valence-electron chi connectivity index (χ0n) is 30.3. The van der Waals surface area contributed by atoms with Gasteiger partial charge in [-0.25, -0.2) is 0 Å². The summed E-state index contributed by atoms with van der Waals surface area (Å²) in [5, 5.41) is 2.23. The van der Waals surface area contributed by atoms with E-state index in [0.29, 0.717) is 0 Å². The number of hydrogen-bond acceptors (Lipinski definition) is 3. The van der Waals surface area contributed by atoms with Gasteiger partial charge in [-0.15, -0.1) is 0 Å². The van der Waals surface area contributed by atoms with Crippen LogP contribution in [0.15, 0.2) is 199 Å². The van der Waals surface area contributed by atoms with E-state index in [1.165, 1.54) is 22.3 Å². The SMILES string of the molecule is CC1(C)c2ccccc2-c2ccc(N(c3ccccc3)c3ccc(-c4ccc(N(c5ccccc5)c5cccc6c5oc5ccccc56)cc4)cc3)cc21. The second-order valence-corrected chi connectivity index (χ2v) is 14.6. The molecule has 0 saturated heterocycles. The number of benzene rings is 8. The van der Waals surface area contributed by atoms with Crippen molar-refractivity contribution in [1.82, 2.24) is 0 Å². The van der Waals surface area contributed by atoms with E-state index in [1.807, 2.05) is 12.1 Å². The molecule has 0 N–H and O–H groups in total. The summed E-state index contributed by atoms with van der Waals surface area (Å²) >= 11 is 0. The van der Waals surface area contributed by atoms with Gasteiger partial charge >= 0.3 is 0 Å². The van der Waals surface area contributed by atoms with Crippen molar-refractivity contribution in [3.8, 4) is 22.3 Å². The minimum atomic E-state index is -0.0744. The molecule has 0 aliphatic heterocycles. The third kappa shape index (κ3) is 5.20. The maximum absolute atomic E-state index is 6.50. The van der Waals surface area contributed by atoms with Crippen molar-refractivity contribution in [1.29, 1.82) is 0 Å². The molecule has 9 aromatic rings. The topological polar surface area (TPSA) is 19.6 Å². The molecule has 258 valence electrons. The highest BCUT2D eigenvalue weighted by Gasteiger charge is 2.35. The first kappa shape index (κ1) is 31.9. The Bertz CT molecular complexity index is 2780. The second kappa shape index (κ2) is 12.7. The zero-order chi connectivity index (χ0) is 36.2. The zero-order valence-corrected chi connectivity index (χ0v) is 30.3. The van der Waals surface area contributed by atoms with Crippen molar-refractivity contribution in [3.05, 3.63) is 205 Å². The molecule has 0 radical (unpaired) electrons. The first-order chi connectivity index (χ1) is 26.5. The lowest BCUT2D eigenvalue weighted by Crippen LogP contribution is -2.16. The molecule has 0 fully saturated rings. The largest absolute Gasteiger partial charge is 0.454 e. The molecule has 0 saturated carbocycles. The first-order valence-electron chi connectivity index (χ1n) is 18.6. The van der Waals surface area contributed by atoms with Gasteiger partial charge in [-0.3, -0.25) is 0 Å². The lowest BCUT2D eigenvalue weighted by atomic mass is 9.82. The predicted octanol–water partition coefficient (Wildman–Crippen LogP) is 14.5. The van der Waals surface area contributed by atoms with Crippen LogP contribution in [-0.4, -0.2) is 0 Å². The molecule has 1 aliphatic carbocycles. The number of furan rings is 1. The Kier molecular flexibility index (Phi) is 7.48. The predicted molar refractivity (Wildman–Crippen MR) is 226 cm³/mol. The van der Waals surface area contributed by atoms with Crippen LogP contribution in [0.1, 0.15) is 25.0 Å². The van der Waals surface area contributed by atoms with Crippen LogP contribution in [0.5, 0.6) is 0 Å². The molecular weight excluding hydrogens is 657 g/mol. The van der Waals surface area contributed by atoms with Crippen molar-refractivity contribution in [2.24, 2.45) is 0 Å². The van der Waals surface area contributed by atoms with Crippen LogP contribution in [0.2, 0.25) is 0 Å². The Morgan fingerprint density at radius 3 is 1.61 bits per heavy atom. The third-order valence-electron chi connectivity index (χ3n) is 11.1. The number of nitrogens with zero attached hydrogens (tertiary/aromatic N) is 2. The smallest absolute Gasteiger partial charge is 0.159 e. The monoisotopic (exact) mass is 694 g/mol. The fraction of sp³-hybridized carbons (Fsp3) is 0.0588. The molecule has 3 heteroatoms. The van der Waals surface area contributed by atoms with E-state index in [9.17, 15) is 0 Å². The fourth-order valence-electron chi connectivity index (χ4n) is 8.37. The highest BCUT2D eigenvalue weighted by molar-refractivity contribution is 6.10. The van der Waals surface area contributed by atoms with Crippen molar-refractivity contribution in [2.45, 2.75) is 19.3 Å². The van der Waals surface area contributed by atoms with Crippen molar-refractivity contribution in [3.63, 3.8) is 0 Å². The summed E-state index contributed by atoms with van der Waals surface area (Å²) in [6.07, 6.45) is 0. The number of para-hydroxylation sites is 4. The molecule has 0 amide bonds. The van der Waals surface area contributed by atoms with Gasteiger partial charge in [0.2, 0.25) is 0 Å². The van der Waals surface area contributed by atoms with Crippen molar-refractivity contribution in [2.75, 3.05) is 9.80 Å². The normalized spacial score (nSPS) is 12.8. The molecule has 10 rings (SSSR count). The minimum Gasteiger partial charge on any atom is -0.454 e. The van der Waals surface area contributed by atoms with Gasteiger partial charge < -0.3 is 14.2 Å². The lowest BCUT2D eigenvalue weighted by Gasteiger charge is -2.28. The molecule has 8 aromatic carbocycles. The Balaban J connectivity index is 1.00.